The van der Waals surface area contributed by atoms with Gasteiger partial charge in [-0.2, -0.15) is 0 Å². The first kappa shape index (κ1) is 13.4. The molecule has 6 atom stereocenters. The zero-order chi connectivity index (χ0) is 13.4. The fourth-order valence-electron chi connectivity index (χ4n) is 2.52. The third-order valence-electron chi connectivity index (χ3n) is 4.09. The van der Waals surface area contributed by atoms with E-state index in [0.717, 1.165) is 39.3 Å². The van der Waals surface area contributed by atoms with Gasteiger partial charge in [0.25, 0.3) is 0 Å². The van der Waals surface area contributed by atoms with E-state index < -0.39 is 0 Å². The van der Waals surface area contributed by atoms with Gasteiger partial charge in [-0.3, -0.25) is 0 Å². The van der Waals surface area contributed by atoms with Crippen LogP contribution in [0.2, 0.25) is 0 Å². The van der Waals surface area contributed by atoms with Gasteiger partial charge in [0.2, 0.25) is 0 Å². The summed E-state index contributed by atoms with van der Waals surface area (Å²) in [5.41, 5.74) is 0. The molecule has 4 aliphatic rings. The first-order valence-corrected chi connectivity index (χ1v) is 7.58. The summed E-state index contributed by atoms with van der Waals surface area (Å²) in [6.07, 6.45) is 3.49. The molecule has 0 aromatic heterocycles. The van der Waals surface area contributed by atoms with Gasteiger partial charge in [0.15, 0.2) is 0 Å². The lowest BCUT2D eigenvalue weighted by molar-refractivity contribution is -0.0430. The third kappa shape index (κ3) is 4.13. The van der Waals surface area contributed by atoms with Gasteiger partial charge in [0.05, 0.1) is 64.1 Å². The summed E-state index contributed by atoms with van der Waals surface area (Å²) in [4.78, 5) is 0. The van der Waals surface area contributed by atoms with Crippen molar-refractivity contribution < 1.29 is 28.4 Å². The second-order valence-corrected chi connectivity index (χ2v) is 5.94. The van der Waals surface area contributed by atoms with Crippen LogP contribution in [0.4, 0.5) is 0 Å². The third-order valence-corrected chi connectivity index (χ3v) is 4.09. The molecular weight excluding hydrogens is 264 g/mol. The average molecular weight is 286 g/mol. The van der Waals surface area contributed by atoms with Gasteiger partial charge in [-0.05, 0) is 0 Å². The van der Waals surface area contributed by atoms with Crippen LogP contribution >= 0.6 is 0 Å². The molecule has 0 aliphatic carbocycles. The van der Waals surface area contributed by atoms with Crippen molar-refractivity contribution in [2.24, 2.45) is 0 Å². The fraction of sp³-hybridized carbons (Fsp3) is 1.00. The molecule has 6 unspecified atom stereocenters. The highest BCUT2D eigenvalue weighted by atomic mass is 16.6. The molecule has 4 rings (SSSR count). The van der Waals surface area contributed by atoms with Crippen LogP contribution in [-0.4, -0.2) is 76.3 Å². The minimum atomic E-state index is 0.161. The SMILES string of the molecule is C(COC(CC1CO1)C1CO1)OC(CC1CO1)C1CO1. The molecule has 4 heterocycles. The van der Waals surface area contributed by atoms with E-state index in [0.29, 0.717) is 25.4 Å². The average Bonchev–Trinajstić information content (AvgIpc) is 3.27. The topological polar surface area (TPSA) is 68.6 Å². The van der Waals surface area contributed by atoms with Crippen LogP contribution in [0.1, 0.15) is 12.8 Å². The van der Waals surface area contributed by atoms with Crippen LogP contribution in [0.25, 0.3) is 0 Å². The number of hydrogen-bond donors (Lipinski definition) is 0. The fourth-order valence-corrected chi connectivity index (χ4v) is 2.52. The van der Waals surface area contributed by atoms with E-state index in [1.54, 1.807) is 0 Å². The summed E-state index contributed by atoms with van der Waals surface area (Å²) in [6, 6.07) is 0. The second-order valence-electron chi connectivity index (χ2n) is 5.94. The maximum atomic E-state index is 5.89. The zero-order valence-electron chi connectivity index (χ0n) is 11.6. The highest BCUT2D eigenvalue weighted by Crippen LogP contribution is 2.27. The molecule has 0 amide bonds. The maximum absolute atomic E-state index is 5.89. The number of ether oxygens (including phenoxy) is 6. The summed E-state index contributed by atoms with van der Waals surface area (Å²) in [7, 11) is 0. The summed E-state index contributed by atoms with van der Waals surface area (Å²) in [6.45, 7) is 4.57. The minimum absolute atomic E-state index is 0.161. The highest BCUT2D eigenvalue weighted by molar-refractivity contribution is 4.87. The molecule has 0 saturated carbocycles. The predicted octanol–water partition coefficient (Wildman–Crippen LogP) is 0.132. The molecular formula is C14H22O6. The van der Waals surface area contributed by atoms with Crippen molar-refractivity contribution in [3.8, 4) is 0 Å². The van der Waals surface area contributed by atoms with Gasteiger partial charge in [-0.25, -0.2) is 0 Å². The molecule has 6 heteroatoms. The van der Waals surface area contributed by atoms with Crippen molar-refractivity contribution in [3.63, 3.8) is 0 Å². The number of hydrogen-bond acceptors (Lipinski definition) is 6. The highest BCUT2D eigenvalue weighted by Gasteiger charge is 2.40. The van der Waals surface area contributed by atoms with Crippen molar-refractivity contribution in [2.75, 3.05) is 39.6 Å². The normalized spacial score (nSPS) is 40.2. The Balaban J connectivity index is 1.13. The van der Waals surface area contributed by atoms with Gasteiger partial charge < -0.3 is 28.4 Å². The molecule has 6 nitrogen and oxygen atoms in total. The molecule has 0 N–H and O–H groups in total. The predicted molar refractivity (Wildman–Crippen MR) is 67.7 cm³/mol. The largest absolute Gasteiger partial charge is 0.373 e. The van der Waals surface area contributed by atoms with Crippen molar-refractivity contribution in [3.05, 3.63) is 0 Å². The number of rotatable bonds is 11. The van der Waals surface area contributed by atoms with Crippen molar-refractivity contribution in [1.82, 2.24) is 0 Å². The van der Waals surface area contributed by atoms with E-state index in [4.69, 9.17) is 28.4 Å². The van der Waals surface area contributed by atoms with Gasteiger partial charge in [-0.15, -0.1) is 0 Å². The smallest absolute Gasteiger partial charge is 0.107 e. The Bertz CT molecular complexity index is 290. The lowest BCUT2D eigenvalue weighted by Gasteiger charge is -2.17. The van der Waals surface area contributed by atoms with Crippen LogP contribution in [0.5, 0.6) is 0 Å². The minimum Gasteiger partial charge on any atom is -0.373 e. The molecule has 0 aromatic rings. The molecule has 4 aliphatic heterocycles. The number of epoxide rings is 4. The summed E-state index contributed by atoms with van der Waals surface area (Å²) >= 11 is 0. The Morgan fingerprint density at radius 2 is 1.10 bits per heavy atom. The van der Waals surface area contributed by atoms with Crippen molar-refractivity contribution in [2.45, 2.75) is 49.5 Å². The Hall–Kier alpha value is -0.240. The molecule has 0 bridgehead atoms. The quantitative estimate of drug-likeness (QED) is 0.397. The van der Waals surface area contributed by atoms with Crippen molar-refractivity contribution >= 4 is 0 Å². The van der Waals surface area contributed by atoms with Crippen LogP contribution in [0.3, 0.4) is 0 Å². The Morgan fingerprint density at radius 1 is 0.700 bits per heavy atom. The molecule has 114 valence electrons. The summed E-state index contributed by atoms with van der Waals surface area (Å²) in [5.74, 6) is 0. The van der Waals surface area contributed by atoms with E-state index in [9.17, 15) is 0 Å². The van der Waals surface area contributed by atoms with Gasteiger partial charge in [-0.1, -0.05) is 0 Å². The van der Waals surface area contributed by atoms with E-state index >= 15 is 0 Å². The molecule has 4 fully saturated rings. The van der Waals surface area contributed by atoms with Crippen LogP contribution in [-0.2, 0) is 28.4 Å². The van der Waals surface area contributed by atoms with Crippen molar-refractivity contribution in [1.29, 1.82) is 0 Å². The van der Waals surface area contributed by atoms with Crippen LogP contribution in [0.15, 0.2) is 0 Å². The van der Waals surface area contributed by atoms with Crippen LogP contribution in [0, 0.1) is 0 Å². The van der Waals surface area contributed by atoms with Gasteiger partial charge in [0, 0.05) is 12.8 Å². The van der Waals surface area contributed by atoms with Gasteiger partial charge in [0.1, 0.15) is 12.2 Å². The van der Waals surface area contributed by atoms with E-state index in [1.807, 2.05) is 0 Å². The molecule has 20 heavy (non-hydrogen) atoms. The standard InChI is InChI=1S/C14H22O6/c1(15-11(13-7-19-13)3-9-5-17-9)2-16-12(14-8-20-14)4-10-6-18-10/h9-14H,1-8H2. The first-order valence-electron chi connectivity index (χ1n) is 7.58. The van der Waals surface area contributed by atoms with E-state index in [-0.39, 0.29) is 24.4 Å². The summed E-state index contributed by atoms with van der Waals surface area (Å²) in [5, 5.41) is 0. The molecule has 0 radical (unpaired) electrons. The van der Waals surface area contributed by atoms with E-state index in [1.165, 1.54) is 0 Å². The Kier molecular flexibility index (Phi) is 3.94. The molecule has 4 saturated heterocycles. The molecule has 0 aromatic carbocycles. The van der Waals surface area contributed by atoms with Crippen LogP contribution < -0.4 is 0 Å². The first-order chi connectivity index (χ1) is 9.88. The lowest BCUT2D eigenvalue weighted by Crippen LogP contribution is -2.27. The van der Waals surface area contributed by atoms with Gasteiger partial charge >= 0.3 is 0 Å². The molecule has 0 spiro atoms. The Labute approximate surface area is 118 Å². The second kappa shape index (κ2) is 5.87. The zero-order valence-corrected chi connectivity index (χ0v) is 11.6. The monoisotopic (exact) mass is 286 g/mol. The summed E-state index contributed by atoms with van der Waals surface area (Å²) < 4.78 is 32.9. The Morgan fingerprint density at radius 3 is 1.40 bits per heavy atom. The lowest BCUT2D eigenvalue weighted by atomic mass is 10.1. The maximum Gasteiger partial charge on any atom is 0.107 e. The van der Waals surface area contributed by atoms with E-state index in [2.05, 4.69) is 0 Å².